The van der Waals surface area contributed by atoms with Crippen molar-refractivity contribution in [1.29, 1.82) is 0 Å². The number of nitrogens with zero attached hydrogens (tertiary/aromatic N) is 3. The molecule has 0 amide bonds. The zero-order chi connectivity index (χ0) is 9.42. The van der Waals surface area contributed by atoms with Gasteiger partial charge in [0.2, 0.25) is 0 Å². The quantitative estimate of drug-likeness (QED) is 0.756. The van der Waals surface area contributed by atoms with Gasteiger partial charge in [-0.1, -0.05) is 11.6 Å². The molecule has 0 atom stereocenters. The third kappa shape index (κ3) is 1.53. The zero-order valence-corrected chi connectivity index (χ0v) is 9.97. The van der Waals surface area contributed by atoms with E-state index < -0.39 is 0 Å². The molecule has 2 rings (SSSR count). The van der Waals surface area contributed by atoms with Crippen molar-refractivity contribution in [1.82, 2.24) is 14.6 Å². The third-order valence-electron chi connectivity index (χ3n) is 1.46. The minimum Gasteiger partial charge on any atom is -0.413 e. The molecule has 68 valence electrons. The molecule has 0 N–H and O–H groups in total. The second-order valence-corrected chi connectivity index (χ2v) is 3.77. The average Bonchev–Trinajstić information content (AvgIpc) is 2.47. The summed E-state index contributed by atoms with van der Waals surface area (Å²) in [5.41, 5.74) is 0.651. The average molecular weight is 327 g/mol. The molecule has 0 unspecified atom stereocenters. The number of hydrogen-bond acceptors (Lipinski definition) is 3. The Morgan fingerprint density at radius 3 is 3.00 bits per heavy atom. The molecule has 0 saturated heterocycles. The van der Waals surface area contributed by atoms with E-state index in [2.05, 4.69) is 42.3 Å². The van der Waals surface area contributed by atoms with Crippen molar-refractivity contribution in [3.05, 3.63) is 22.0 Å². The molecule has 7 heteroatoms. The van der Waals surface area contributed by atoms with Gasteiger partial charge in [-0.05, 0) is 15.9 Å². The maximum atomic E-state index is 5.80. The van der Waals surface area contributed by atoms with Gasteiger partial charge in [0.15, 0.2) is 32.8 Å². The summed E-state index contributed by atoms with van der Waals surface area (Å²) in [6.07, 6.45) is 3.26. The molecular formula is C6H2Br2ClN3O. The van der Waals surface area contributed by atoms with Crippen LogP contribution in [0.15, 0.2) is 16.9 Å². The molecular weight excluding hydrogens is 325 g/mol. The summed E-state index contributed by atoms with van der Waals surface area (Å²) >= 11 is 11.9. The normalized spacial score (nSPS) is 10.7. The molecule has 0 aliphatic heterocycles. The van der Waals surface area contributed by atoms with Gasteiger partial charge < -0.3 is 3.83 Å². The van der Waals surface area contributed by atoms with Gasteiger partial charge in [0, 0.05) is 0 Å². The Kier molecular flexibility index (Phi) is 2.44. The molecule has 4 nitrogen and oxygen atoms in total. The van der Waals surface area contributed by atoms with Gasteiger partial charge in [-0.2, -0.15) is 5.10 Å². The van der Waals surface area contributed by atoms with Crippen molar-refractivity contribution in [2.45, 2.75) is 0 Å². The third-order valence-corrected chi connectivity index (χ3v) is 2.64. The molecule has 0 fully saturated rings. The van der Waals surface area contributed by atoms with Crippen LogP contribution >= 0.6 is 43.8 Å². The Balaban J connectivity index is 2.76. The van der Waals surface area contributed by atoms with E-state index in [1.165, 1.54) is 0 Å². The molecule has 2 heterocycles. The van der Waals surface area contributed by atoms with Crippen LogP contribution in [0, 0.1) is 0 Å². The first-order valence-electron chi connectivity index (χ1n) is 3.20. The van der Waals surface area contributed by atoms with E-state index in [0.29, 0.717) is 11.4 Å². The summed E-state index contributed by atoms with van der Waals surface area (Å²) < 4.78 is 7.15. The first-order valence-corrected chi connectivity index (χ1v) is 5.02. The maximum absolute atomic E-state index is 5.80. The second kappa shape index (κ2) is 3.43. The Bertz CT molecular complexity index is 458. The Morgan fingerprint density at radius 2 is 2.31 bits per heavy atom. The largest absolute Gasteiger partial charge is 0.413 e. The second-order valence-electron chi connectivity index (χ2n) is 2.23. The van der Waals surface area contributed by atoms with Crippen molar-refractivity contribution in [2.24, 2.45) is 0 Å². The van der Waals surface area contributed by atoms with Crippen LogP contribution in [0.3, 0.4) is 0 Å². The van der Waals surface area contributed by atoms with Crippen molar-refractivity contribution in [3.8, 4) is 5.75 Å². The maximum Gasteiger partial charge on any atom is 0.192 e. The highest BCUT2D eigenvalue weighted by molar-refractivity contribution is 9.10. The molecule has 0 radical (unpaired) electrons. The first kappa shape index (κ1) is 9.23. The van der Waals surface area contributed by atoms with Gasteiger partial charge in [0.1, 0.15) is 0 Å². The standard InChI is InChI=1S/C6H2Br2ClN3O/c7-3-1-10-12-2-4(13-8)5(9)11-6(3)12/h1-2H. The van der Waals surface area contributed by atoms with Gasteiger partial charge in [-0.15, -0.1) is 0 Å². The van der Waals surface area contributed by atoms with Gasteiger partial charge >= 0.3 is 0 Å². The van der Waals surface area contributed by atoms with Crippen LogP contribution in [0.5, 0.6) is 5.75 Å². The van der Waals surface area contributed by atoms with E-state index in [4.69, 9.17) is 15.4 Å². The highest BCUT2D eigenvalue weighted by atomic mass is 79.9. The van der Waals surface area contributed by atoms with Crippen LogP contribution in [0.4, 0.5) is 0 Å². The van der Waals surface area contributed by atoms with E-state index in [9.17, 15) is 0 Å². The summed E-state index contributed by atoms with van der Waals surface area (Å²) in [5.74, 6) is 0.421. The summed E-state index contributed by atoms with van der Waals surface area (Å²) in [5, 5.41) is 4.30. The predicted molar refractivity (Wildman–Crippen MR) is 55.3 cm³/mol. The van der Waals surface area contributed by atoms with E-state index in [0.717, 1.165) is 4.47 Å². The van der Waals surface area contributed by atoms with Crippen LogP contribution in [-0.2, 0) is 0 Å². The molecule has 0 saturated carbocycles. The fraction of sp³-hybridized carbons (Fsp3) is 0. The van der Waals surface area contributed by atoms with Crippen molar-refractivity contribution < 1.29 is 3.83 Å². The number of aromatic nitrogens is 3. The highest BCUT2D eigenvalue weighted by Crippen LogP contribution is 2.26. The Labute approximate surface area is 95.4 Å². The van der Waals surface area contributed by atoms with Crippen LogP contribution < -0.4 is 3.83 Å². The minimum atomic E-state index is 0.283. The van der Waals surface area contributed by atoms with E-state index in [1.807, 2.05) is 0 Å². The molecule has 0 spiro atoms. The molecule has 2 aromatic rings. The lowest BCUT2D eigenvalue weighted by Gasteiger charge is -1.99. The number of rotatable bonds is 1. The molecule has 0 aromatic carbocycles. The van der Waals surface area contributed by atoms with Gasteiger partial charge in [-0.3, -0.25) is 0 Å². The Morgan fingerprint density at radius 1 is 1.54 bits per heavy atom. The predicted octanol–water partition coefficient (Wildman–Crippen LogP) is 2.83. The van der Waals surface area contributed by atoms with Crippen LogP contribution in [0.25, 0.3) is 5.65 Å². The fourth-order valence-corrected chi connectivity index (χ4v) is 1.76. The summed E-state index contributed by atoms with van der Waals surface area (Å²) in [4.78, 5) is 4.07. The number of hydrogen-bond donors (Lipinski definition) is 0. The lowest BCUT2D eigenvalue weighted by molar-refractivity contribution is 0.661. The fourth-order valence-electron chi connectivity index (χ4n) is 0.898. The van der Waals surface area contributed by atoms with Crippen LogP contribution in [0.2, 0.25) is 5.15 Å². The number of halogens is 3. The smallest absolute Gasteiger partial charge is 0.192 e. The Hall–Kier alpha value is -0.330. The lowest BCUT2D eigenvalue weighted by atomic mass is 10.6. The molecule has 2 aromatic heterocycles. The topological polar surface area (TPSA) is 39.4 Å². The van der Waals surface area contributed by atoms with E-state index in [1.54, 1.807) is 16.9 Å². The van der Waals surface area contributed by atoms with Crippen LogP contribution in [0.1, 0.15) is 0 Å². The number of fused-ring (bicyclic) bond motifs is 1. The van der Waals surface area contributed by atoms with Crippen molar-refractivity contribution >= 4 is 49.4 Å². The zero-order valence-electron chi connectivity index (χ0n) is 6.04. The van der Waals surface area contributed by atoms with Gasteiger partial charge in [0.25, 0.3) is 0 Å². The van der Waals surface area contributed by atoms with Gasteiger partial charge in [0.05, 0.1) is 16.9 Å². The lowest BCUT2D eigenvalue weighted by Crippen LogP contribution is -1.92. The first-order chi connectivity index (χ1) is 6.22. The summed E-state index contributed by atoms with van der Waals surface area (Å²) in [7, 11) is 0. The van der Waals surface area contributed by atoms with E-state index >= 15 is 0 Å². The van der Waals surface area contributed by atoms with Crippen molar-refractivity contribution in [3.63, 3.8) is 0 Å². The molecule has 0 bridgehead atoms. The van der Waals surface area contributed by atoms with E-state index in [-0.39, 0.29) is 5.15 Å². The van der Waals surface area contributed by atoms with Gasteiger partial charge in [-0.25, -0.2) is 9.50 Å². The van der Waals surface area contributed by atoms with Crippen LogP contribution in [-0.4, -0.2) is 14.6 Å². The minimum absolute atomic E-state index is 0.283. The highest BCUT2D eigenvalue weighted by Gasteiger charge is 2.08. The monoisotopic (exact) mass is 325 g/mol. The summed E-state index contributed by atoms with van der Waals surface area (Å²) in [6.45, 7) is 0. The molecule has 0 aliphatic rings. The SMILES string of the molecule is Clc1nc2c(Br)cnn2cc1OBr. The molecule has 13 heavy (non-hydrogen) atoms. The molecule has 0 aliphatic carbocycles. The summed E-state index contributed by atoms with van der Waals surface area (Å²) in [6, 6.07) is 0. The van der Waals surface area contributed by atoms with Crippen molar-refractivity contribution in [2.75, 3.05) is 0 Å².